The van der Waals surface area contributed by atoms with Crippen molar-refractivity contribution in [3.8, 4) is 0 Å². The maximum Gasteiger partial charge on any atom is 0.342 e. The highest BCUT2D eigenvalue weighted by Crippen LogP contribution is 2.50. The minimum absolute atomic E-state index is 0.113. The summed E-state index contributed by atoms with van der Waals surface area (Å²) in [7, 11) is -4.43. The van der Waals surface area contributed by atoms with Crippen LogP contribution in [-0.4, -0.2) is 27.5 Å². The van der Waals surface area contributed by atoms with Crippen LogP contribution in [0.5, 0.6) is 0 Å². The van der Waals surface area contributed by atoms with Crippen molar-refractivity contribution in [1.82, 2.24) is 0 Å². The molecule has 0 saturated carbocycles. The Morgan fingerprint density at radius 2 is 1.92 bits per heavy atom. The molecule has 0 aromatic rings. The molecule has 0 aromatic heterocycles. The number of rotatable bonds is 3. The number of esters is 1. The highest BCUT2D eigenvalue weighted by Gasteiger charge is 2.46. The number of hydrogen-bond donors (Lipinski definition) is 2. The molecule has 12 heavy (non-hydrogen) atoms. The minimum atomic E-state index is -4.43. The van der Waals surface area contributed by atoms with Gasteiger partial charge in [0.1, 0.15) is 0 Å². The molecule has 0 radical (unpaired) electrons. The second-order valence-corrected chi connectivity index (χ2v) is 5.03. The van der Waals surface area contributed by atoms with Gasteiger partial charge in [0.25, 0.3) is 0 Å². The number of carbonyl (C=O) groups is 1. The van der Waals surface area contributed by atoms with Gasteiger partial charge < -0.3 is 14.5 Å². The van der Waals surface area contributed by atoms with Gasteiger partial charge >= 0.3 is 13.6 Å². The number of carbonyl (C=O) groups excluding carboxylic acids is 1. The fourth-order valence-corrected chi connectivity index (χ4v) is 0.729. The van der Waals surface area contributed by atoms with Crippen LogP contribution in [0.2, 0.25) is 0 Å². The highest BCUT2D eigenvalue weighted by atomic mass is 31.2. The lowest BCUT2D eigenvalue weighted by Gasteiger charge is -2.22. The zero-order valence-electron chi connectivity index (χ0n) is 7.27. The van der Waals surface area contributed by atoms with Crippen LogP contribution in [0.4, 0.5) is 0 Å². The van der Waals surface area contributed by atoms with E-state index < -0.39 is 18.7 Å². The standard InChI is InChI=1S/C6H13O5P/c1-4-11-5(7)6(2,3)12(8,9)10/h4H2,1-3H3,(H2,8,9,10). The van der Waals surface area contributed by atoms with E-state index in [0.29, 0.717) is 0 Å². The summed E-state index contributed by atoms with van der Waals surface area (Å²) < 4.78 is 15.3. The summed E-state index contributed by atoms with van der Waals surface area (Å²) in [6.45, 7) is 4.01. The lowest BCUT2D eigenvalue weighted by Crippen LogP contribution is -2.33. The Morgan fingerprint density at radius 1 is 1.50 bits per heavy atom. The molecule has 0 bridgehead atoms. The fourth-order valence-electron chi connectivity index (χ4n) is 0.427. The Labute approximate surface area is 70.9 Å². The van der Waals surface area contributed by atoms with E-state index in [4.69, 9.17) is 9.79 Å². The van der Waals surface area contributed by atoms with E-state index in [0.717, 1.165) is 13.8 Å². The molecule has 0 unspecified atom stereocenters. The largest absolute Gasteiger partial charge is 0.465 e. The summed E-state index contributed by atoms with van der Waals surface area (Å²) in [6, 6.07) is 0. The lowest BCUT2D eigenvalue weighted by atomic mass is 10.2. The Kier molecular flexibility index (Phi) is 3.45. The first kappa shape index (κ1) is 11.6. The van der Waals surface area contributed by atoms with Gasteiger partial charge in [-0.1, -0.05) is 0 Å². The molecule has 0 amide bonds. The quantitative estimate of drug-likeness (QED) is 0.507. The SMILES string of the molecule is CCOC(=O)C(C)(C)P(=O)(O)O. The molecule has 0 spiro atoms. The molecule has 0 saturated heterocycles. The van der Waals surface area contributed by atoms with E-state index in [1.54, 1.807) is 6.92 Å². The average Bonchev–Trinajstić information content (AvgIpc) is 1.85. The van der Waals surface area contributed by atoms with Crippen molar-refractivity contribution in [2.75, 3.05) is 6.61 Å². The van der Waals surface area contributed by atoms with Gasteiger partial charge in [0.15, 0.2) is 5.16 Å². The summed E-state index contributed by atoms with van der Waals surface area (Å²) in [6.07, 6.45) is 0. The first-order valence-corrected chi connectivity index (χ1v) is 5.07. The first-order chi connectivity index (χ1) is 5.23. The van der Waals surface area contributed by atoms with Gasteiger partial charge in [0, 0.05) is 0 Å². The van der Waals surface area contributed by atoms with Crippen LogP contribution in [0, 0.1) is 0 Å². The zero-order valence-corrected chi connectivity index (χ0v) is 8.17. The van der Waals surface area contributed by atoms with Crippen molar-refractivity contribution in [3.63, 3.8) is 0 Å². The Balaban J connectivity index is 4.62. The Hall–Kier alpha value is -0.380. The zero-order chi connectivity index (χ0) is 9.99. The molecule has 0 atom stereocenters. The van der Waals surface area contributed by atoms with Gasteiger partial charge in [0.05, 0.1) is 6.61 Å². The smallest absolute Gasteiger partial charge is 0.342 e. The molecule has 0 heterocycles. The second-order valence-electron chi connectivity index (χ2n) is 2.82. The summed E-state index contributed by atoms with van der Waals surface area (Å²) in [5, 5.41) is -1.75. The summed E-state index contributed by atoms with van der Waals surface area (Å²) in [5.41, 5.74) is 0. The van der Waals surface area contributed by atoms with Crippen molar-refractivity contribution >= 4 is 13.6 Å². The van der Waals surface area contributed by atoms with Crippen molar-refractivity contribution in [2.45, 2.75) is 25.9 Å². The van der Waals surface area contributed by atoms with Gasteiger partial charge in [-0.2, -0.15) is 0 Å². The summed E-state index contributed by atoms with van der Waals surface area (Å²) >= 11 is 0. The van der Waals surface area contributed by atoms with Crippen LogP contribution in [-0.2, 0) is 14.1 Å². The van der Waals surface area contributed by atoms with Crippen molar-refractivity contribution < 1.29 is 23.9 Å². The van der Waals surface area contributed by atoms with E-state index in [9.17, 15) is 9.36 Å². The Morgan fingerprint density at radius 3 is 2.17 bits per heavy atom. The molecule has 0 aliphatic carbocycles. The monoisotopic (exact) mass is 196 g/mol. The molecule has 5 nitrogen and oxygen atoms in total. The van der Waals surface area contributed by atoms with Crippen LogP contribution in [0.3, 0.4) is 0 Å². The van der Waals surface area contributed by atoms with Gasteiger partial charge in [0.2, 0.25) is 0 Å². The molecular weight excluding hydrogens is 183 g/mol. The van der Waals surface area contributed by atoms with E-state index in [2.05, 4.69) is 4.74 Å². The fraction of sp³-hybridized carbons (Fsp3) is 0.833. The van der Waals surface area contributed by atoms with E-state index in [-0.39, 0.29) is 6.61 Å². The minimum Gasteiger partial charge on any atom is -0.465 e. The van der Waals surface area contributed by atoms with Crippen LogP contribution in [0.15, 0.2) is 0 Å². The van der Waals surface area contributed by atoms with Crippen LogP contribution in [0.1, 0.15) is 20.8 Å². The normalized spacial score (nSPS) is 12.8. The molecule has 72 valence electrons. The van der Waals surface area contributed by atoms with Crippen LogP contribution < -0.4 is 0 Å². The molecule has 0 aliphatic rings. The predicted molar refractivity (Wildman–Crippen MR) is 42.8 cm³/mol. The third kappa shape index (κ3) is 2.30. The topological polar surface area (TPSA) is 83.8 Å². The molecule has 0 rings (SSSR count). The van der Waals surface area contributed by atoms with Crippen LogP contribution in [0.25, 0.3) is 0 Å². The maximum atomic E-state index is 11.0. The number of ether oxygens (including phenoxy) is 1. The third-order valence-corrected chi connectivity index (χ3v) is 3.14. The maximum absolute atomic E-state index is 11.0. The van der Waals surface area contributed by atoms with Crippen molar-refractivity contribution in [1.29, 1.82) is 0 Å². The number of hydrogen-bond acceptors (Lipinski definition) is 3. The van der Waals surface area contributed by atoms with Crippen molar-refractivity contribution in [2.24, 2.45) is 0 Å². The summed E-state index contributed by atoms with van der Waals surface area (Å²) in [5.74, 6) is -0.877. The molecule has 0 fully saturated rings. The van der Waals surface area contributed by atoms with E-state index >= 15 is 0 Å². The van der Waals surface area contributed by atoms with Gasteiger partial charge in [-0.05, 0) is 20.8 Å². The lowest BCUT2D eigenvalue weighted by molar-refractivity contribution is -0.145. The average molecular weight is 196 g/mol. The molecule has 0 aromatic carbocycles. The highest BCUT2D eigenvalue weighted by molar-refractivity contribution is 7.54. The van der Waals surface area contributed by atoms with Gasteiger partial charge in [-0.25, -0.2) is 0 Å². The third-order valence-electron chi connectivity index (χ3n) is 1.50. The molecule has 2 N–H and O–H groups in total. The first-order valence-electron chi connectivity index (χ1n) is 3.46. The predicted octanol–water partition coefficient (Wildman–Crippen LogP) is 0.506. The van der Waals surface area contributed by atoms with Gasteiger partial charge in [-0.15, -0.1) is 0 Å². The Bertz CT molecular complexity index is 216. The van der Waals surface area contributed by atoms with Gasteiger partial charge in [-0.3, -0.25) is 9.36 Å². The molecular formula is C6H13O5P. The second kappa shape index (κ2) is 3.56. The van der Waals surface area contributed by atoms with Crippen molar-refractivity contribution in [3.05, 3.63) is 0 Å². The molecule has 0 aliphatic heterocycles. The van der Waals surface area contributed by atoms with E-state index in [1.807, 2.05) is 0 Å². The summed E-state index contributed by atoms with van der Waals surface area (Å²) in [4.78, 5) is 28.5. The van der Waals surface area contributed by atoms with E-state index in [1.165, 1.54) is 0 Å². The van der Waals surface area contributed by atoms with Crippen LogP contribution >= 0.6 is 7.60 Å². The molecule has 6 heteroatoms.